The minimum absolute atomic E-state index is 0.0413. The molecule has 0 radical (unpaired) electrons. The highest BCUT2D eigenvalue weighted by molar-refractivity contribution is 6.30. The summed E-state index contributed by atoms with van der Waals surface area (Å²) in [6, 6.07) is 4.75. The molecule has 0 spiro atoms. The van der Waals surface area contributed by atoms with Crippen LogP contribution in [0.1, 0.15) is 19.4 Å². The van der Waals surface area contributed by atoms with Gasteiger partial charge in [-0.05, 0) is 31.5 Å². The third-order valence-corrected chi connectivity index (χ3v) is 3.80. The van der Waals surface area contributed by atoms with Gasteiger partial charge in [0.05, 0.1) is 6.61 Å². The summed E-state index contributed by atoms with van der Waals surface area (Å²) in [7, 11) is 0. The number of ether oxygens (including phenoxy) is 1. The highest BCUT2D eigenvalue weighted by Gasteiger charge is 2.28. The van der Waals surface area contributed by atoms with Crippen molar-refractivity contribution in [3.8, 4) is 0 Å². The van der Waals surface area contributed by atoms with Gasteiger partial charge in [0.25, 0.3) is 0 Å². The van der Waals surface area contributed by atoms with E-state index in [2.05, 4.69) is 18.7 Å². The SMILES string of the molecule is CC(C)N1CCOC(C(=O)Cc2ccc(Cl)cc2F)C1. The molecule has 1 aromatic rings. The van der Waals surface area contributed by atoms with Gasteiger partial charge in [0.2, 0.25) is 0 Å². The Kier molecular flexibility index (Phi) is 5.13. The van der Waals surface area contributed by atoms with Gasteiger partial charge >= 0.3 is 0 Å². The zero-order chi connectivity index (χ0) is 14.7. The quantitative estimate of drug-likeness (QED) is 0.856. The van der Waals surface area contributed by atoms with Crippen LogP contribution in [0.2, 0.25) is 5.02 Å². The third kappa shape index (κ3) is 3.78. The lowest BCUT2D eigenvalue weighted by molar-refractivity contribution is -0.136. The highest BCUT2D eigenvalue weighted by Crippen LogP contribution is 2.17. The van der Waals surface area contributed by atoms with Gasteiger partial charge in [-0.25, -0.2) is 4.39 Å². The third-order valence-electron chi connectivity index (χ3n) is 3.57. The maximum atomic E-state index is 13.7. The molecule has 20 heavy (non-hydrogen) atoms. The monoisotopic (exact) mass is 299 g/mol. The summed E-state index contributed by atoms with van der Waals surface area (Å²) >= 11 is 5.70. The Morgan fingerprint density at radius 2 is 2.30 bits per heavy atom. The zero-order valence-corrected chi connectivity index (χ0v) is 12.5. The normalized spacial score (nSPS) is 20.4. The minimum Gasteiger partial charge on any atom is -0.368 e. The molecule has 2 rings (SSSR count). The molecule has 1 unspecified atom stereocenters. The number of ketones is 1. The molecule has 1 heterocycles. The second-order valence-corrected chi connectivity index (χ2v) is 5.76. The summed E-state index contributed by atoms with van der Waals surface area (Å²) in [4.78, 5) is 14.4. The number of hydrogen-bond acceptors (Lipinski definition) is 3. The Morgan fingerprint density at radius 3 is 2.95 bits per heavy atom. The number of carbonyl (C=O) groups excluding carboxylic acids is 1. The largest absolute Gasteiger partial charge is 0.368 e. The van der Waals surface area contributed by atoms with E-state index in [1.165, 1.54) is 6.07 Å². The van der Waals surface area contributed by atoms with Gasteiger partial charge < -0.3 is 4.74 Å². The molecule has 0 bridgehead atoms. The van der Waals surface area contributed by atoms with Crippen molar-refractivity contribution >= 4 is 17.4 Å². The first kappa shape index (κ1) is 15.4. The topological polar surface area (TPSA) is 29.5 Å². The Morgan fingerprint density at radius 1 is 1.55 bits per heavy atom. The van der Waals surface area contributed by atoms with E-state index in [4.69, 9.17) is 16.3 Å². The standard InChI is InChI=1S/C15H19ClFNO2/c1-10(2)18-5-6-20-15(9-18)14(19)7-11-3-4-12(16)8-13(11)17/h3-4,8,10,15H,5-7,9H2,1-2H3. The minimum atomic E-state index is -0.471. The molecule has 1 aliphatic rings. The molecule has 0 aromatic heterocycles. The summed E-state index contributed by atoms with van der Waals surface area (Å²) in [5, 5.41) is 0.332. The summed E-state index contributed by atoms with van der Waals surface area (Å²) in [6.07, 6.45) is -0.430. The number of morpholine rings is 1. The first-order valence-electron chi connectivity index (χ1n) is 6.79. The number of carbonyl (C=O) groups is 1. The van der Waals surface area contributed by atoms with E-state index in [9.17, 15) is 9.18 Å². The van der Waals surface area contributed by atoms with Crippen molar-refractivity contribution in [2.75, 3.05) is 19.7 Å². The Labute approximate surface area is 123 Å². The van der Waals surface area contributed by atoms with E-state index in [1.54, 1.807) is 12.1 Å². The average molecular weight is 300 g/mol. The van der Waals surface area contributed by atoms with Crippen LogP contribution in [-0.4, -0.2) is 42.5 Å². The Bertz CT molecular complexity index is 493. The number of rotatable bonds is 4. The van der Waals surface area contributed by atoms with E-state index in [-0.39, 0.29) is 12.2 Å². The zero-order valence-electron chi connectivity index (χ0n) is 11.7. The van der Waals surface area contributed by atoms with Gasteiger partial charge in [-0.1, -0.05) is 17.7 Å². The fourth-order valence-electron chi connectivity index (χ4n) is 2.30. The second-order valence-electron chi connectivity index (χ2n) is 5.33. The molecule has 0 aliphatic carbocycles. The van der Waals surface area contributed by atoms with Crippen molar-refractivity contribution in [3.63, 3.8) is 0 Å². The Hall–Kier alpha value is -0.970. The predicted molar refractivity (Wildman–Crippen MR) is 76.6 cm³/mol. The smallest absolute Gasteiger partial charge is 0.167 e. The van der Waals surface area contributed by atoms with Gasteiger partial charge in [0.15, 0.2) is 5.78 Å². The van der Waals surface area contributed by atoms with Crippen LogP contribution in [-0.2, 0) is 16.0 Å². The second kappa shape index (κ2) is 6.66. The van der Waals surface area contributed by atoms with Gasteiger partial charge in [0.1, 0.15) is 11.9 Å². The number of benzene rings is 1. The molecule has 1 saturated heterocycles. The molecule has 1 aromatic carbocycles. The van der Waals surface area contributed by atoms with Crippen molar-refractivity contribution in [2.45, 2.75) is 32.4 Å². The molecule has 1 fully saturated rings. The predicted octanol–water partition coefficient (Wildman–Crippen LogP) is 2.70. The lowest BCUT2D eigenvalue weighted by atomic mass is 10.0. The van der Waals surface area contributed by atoms with E-state index in [1.807, 2.05) is 0 Å². The van der Waals surface area contributed by atoms with E-state index in [0.717, 1.165) is 6.54 Å². The lowest BCUT2D eigenvalue weighted by Crippen LogP contribution is -2.49. The van der Waals surface area contributed by atoms with Crippen LogP contribution < -0.4 is 0 Å². The molecule has 0 saturated carbocycles. The average Bonchev–Trinajstić information content (AvgIpc) is 2.42. The molecular formula is C15H19ClFNO2. The number of halogens is 2. The van der Waals surface area contributed by atoms with Gasteiger partial charge in [0, 0.05) is 30.6 Å². The van der Waals surface area contributed by atoms with Gasteiger partial charge in [-0.2, -0.15) is 0 Å². The molecule has 0 N–H and O–H groups in total. The molecular weight excluding hydrogens is 281 g/mol. The van der Waals surface area contributed by atoms with Crippen LogP contribution in [0.3, 0.4) is 0 Å². The van der Waals surface area contributed by atoms with Crippen LogP contribution in [0.15, 0.2) is 18.2 Å². The highest BCUT2D eigenvalue weighted by atomic mass is 35.5. The number of hydrogen-bond donors (Lipinski definition) is 0. The fourth-order valence-corrected chi connectivity index (χ4v) is 2.46. The Balaban J connectivity index is 2.00. The maximum Gasteiger partial charge on any atom is 0.167 e. The van der Waals surface area contributed by atoms with Crippen LogP contribution in [0.5, 0.6) is 0 Å². The lowest BCUT2D eigenvalue weighted by Gasteiger charge is -2.34. The van der Waals surface area contributed by atoms with Crippen molar-refractivity contribution in [2.24, 2.45) is 0 Å². The van der Waals surface area contributed by atoms with Gasteiger partial charge in [-0.3, -0.25) is 9.69 Å². The van der Waals surface area contributed by atoms with Crippen LogP contribution in [0.4, 0.5) is 4.39 Å². The van der Waals surface area contributed by atoms with E-state index < -0.39 is 11.9 Å². The summed E-state index contributed by atoms with van der Waals surface area (Å²) in [5.74, 6) is -0.529. The van der Waals surface area contributed by atoms with Crippen LogP contribution >= 0.6 is 11.6 Å². The molecule has 0 amide bonds. The van der Waals surface area contributed by atoms with E-state index >= 15 is 0 Å². The van der Waals surface area contributed by atoms with Crippen molar-refractivity contribution in [1.82, 2.24) is 4.90 Å². The summed E-state index contributed by atoms with van der Waals surface area (Å²) in [5.41, 5.74) is 0.365. The molecule has 3 nitrogen and oxygen atoms in total. The first-order chi connectivity index (χ1) is 9.47. The number of nitrogens with zero attached hydrogens (tertiary/aromatic N) is 1. The van der Waals surface area contributed by atoms with Crippen molar-refractivity contribution in [1.29, 1.82) is 0 Å². The van der Waals surface area contributed by atoms with Gasteiger partial charge in [-0.15, -0.1) is 0 Å². The van der Waals surface area contributed by atoms with E-state index in [0.29, 0.717) is 29.8 Å². The first-order valence-corrected chi connectivity index (χ1v) is 7.17. The molecule has 1 atom stereocenters. The molecule has 1 aliphatic heterocycles. The maximum absolute atomic E-state index is 13.7. The van der Waals surface area contributed by atoms with Crippen molar-refractivity contribution in [3.05, 3.63) is 34.6 Å². The number of Topliss-reactive ketones (excluding diaryl/α,β-unsaturated/α-hetero) is 1. The summed E-state index contributed by atoms with van der Waals surface area (Å²) < 4.78 is 19.2. The summed E-state index contributed by atoms with van der Waals surface area (Å²) in [6.45, 7) is 6.12. The van der Waals surface area contributed by atoms with Crippen molar-refractivity contribution < 1.29 is 13.9 Å². The molecule has 110 valence electrons. The van der Waals surface area contributed by atoms with Crippen LogP contribution in [0.25, 0.3) is 0 Å². The fraction of sp³-hybridized carbons (Fsp3) is 0.533. The molecule has 5 heteroatoms. The van der Waals surface area contributed by atoms with Crippen LogP contribution in [0, 0.1) is 5.82 Å².